The van der Waals surface area contributed by atoms with Crippen molar-refractivity contribution in [3.05, 3.63) is 83.9 Å². The molecule has 0 aliphatic heterocycles. The molecular weight excluding hydrogens is 474 g/mol. The summed E-state index contributed by atoms with van der Waals surface area (Å²) in [6.07, 6.45) is 1.83. The number of carboxylic acid groups (broad SMARTS) is 1. The van der Waals surface area contributed by atoms with Crippen LogP contribution >= 0.6 is 0 Å². The lowest BCUT2D eigenvalue weighted by Gasteiger charge is -2.24. The molecule has 9 heteroatoms. The number of unbranched alkanes of at least 4 members (excludes halogenated alkanes) is 1. The standard InChI is InChI=1S/C28H31N3O6/c1-2-3-18-37-25-14-10-23(11-15-25)31(28(36)30-22-8-12-24(32)13-9-22)19-20-4-6-21(7-5-20)27(35)29-17-16-26(33)34/h4-15,32H,2-3,16-19H2,1H3,(H,29,35)(H,30,36)(H,33,34). The van der Waals surface area contributed by atoms with Gasteiger partial charge in [0.15, 0.2) is 0 Å². The summed E-state index contributed by atoms with van der Waals surface area (Å²) >= 11 is 0. The number of anilines is 2. The molecular formula is C28H31N3O6. The molecule has 9 nitrogen and oxygen atoms in total. The summed E-state index contributed by atoms with van der Waals surface area (Å²) in [6, 6.07) is 19.8. The lowest BCUT2D eigenvalue weighted by molar-refractivity contribution is -0.136. The van der Waals surface area contributed by atoms with E-state index < -0.39 is 5.97 Å². The van der Waals surface area contributed by atoms with Gasteiger partial charge in [0.1, 0.15) is 11.5 Å². The number of phenolic OH excluding ortho intramolecular Hbond substituents is 1. The average molecular weight is 506 g/mol. The third-order valence-corrected chi connectivity index (χ3v) is 5.46. The smallest absolute Gasteiger partial charge is 0.326 e. The van der Waals surface area contributed by atoms with E-state index >= 15 is 0 Å². The number of hydrogen-bond acceptors (Lipinski definition) is 5. The van der Waals surface area contributed by atoms with Gasteiger partial charge in [0.05, 0.1) is 19.6 Å². The van der Waals surface area contributed by atoms with Crippen molar-refractivity contribution >= 4 is 29.3 Å². The zero-order valence-electron chi connectivity index (χ0n) is 20.6. The van der Waals surface area contributed by atoms with Gasteiger partial charge < -0.3 is 25.6 Å². The number of urea groups is 1. The molecule has 4 N–H and O–H groups in total. The van der Waals surface area contributed by atoms with Crippen LogP contribution in [0.1, 0.15) is 42.1 Å². The van der Waals surface area contributed by atoms with E-state index in [2.05, 4.69) is 17.6 Å². The van der Waals surface area contributed by atoms with E-state index in [0.717, 1.165) is 18.4 Å². The Morgan fingerprint density at radius 1 is 0.919 bits per heavy atom. The summed E-state index contributed by atoms with van der Waals surface area (Å²) < 4.78 is 5.73. The van der Waals surface area contributed by atoms with Crippen LogP contribution in [0.3, 0.4) is 0 Å². The van der Waals surface area contributed by atoms with Gasteiger partial charge in [-0.15, -0.1) is 0 Å². The second kappa shape index (κ2) is 13.5. The molecule has 0 aliphatic carbocycles. The van der Waals surface area contributed by atoms with E-state index in [1.54, 1.807) is 41.3 Å². The highest BCUT2D eigenvalue weighted by molar-refractivity contribution is 6.01. The Labute approximate surface area is 215 Å². The molecule has 0 saturated carbocycles. The van der Waals surface area contributed by atoms with Gasteiger partial charge in [-0.3, -0.25) is 14.5 Å². The summed E-state index contributed by atoms with van der Waals surface area (Å²) in [5.74, 6) is -0.537. The van der Waals surface area contributed by atoms with Crippen molar-refractivity contribution in [2.75, 3.05) is 23.4 Å². The molecule has 0 heterocycles. The molecule has 0 fully saturated rings. The predicted octanol–water partition coefficient (Wildman–Crippen LogP) is 5.01. The number of carbonyl (C=O) groups excluding carboxylic acids is 2. The van der Waals surface area contributed by atoms with Crippen LogP contribution in [0.5, 0.6) is 11.5 Å². The van der Waals surface area contributed by atoms with E-state index in [4.69, 9.17) is 9.84 Å². The molecule has 3 amide bonds. The maximum Gasteiger partial charge on any atom is 0.326 e. The number of aromatic hydroxyl groups is 1. The first-order valence-corrected chi connectivity index (χ1v) is 12.0. The topological polar surface area (TPSA) is 128 Å². The molecule has 194 valence electrons. The average Bonchev–Trinajstić information content (AvgIpc) is 2.89. The molecule has 3 aromatic carbocycles. The molecule has 37 heavy (non-hydrogen) atoms. The van der Waals surface area contributed by atoms with Gasteiger partial charge in [-0.2, -0.15) is 0 Å². The van der Waals surface area contributed by atoms with Crippen molar-refractivity contribution in [2.45, 2.75) is 32.7 Å². The number of rotatable bonds is 12. The van der Waals surface area contributed by atoms with E-state index in [9.17, 15) is 19.5 Å². The quantitative estimate of drug-likeness (QED) is 0.202. The summed E-state index contributed by atoms with van der Waals surface area (Å²) in [4.78, 5) is 37.7. The van der Waals surface area contributed by atoms with Gasteiger partial charge in [0, 0.05) is 23.5 Å². The first-order chi connectivity index (χ1) is 17.9. The second-order valence-electron chi connectivity index (χ2n) is 8.36. The number of benzene rings is 3. The zero-order valence-corrected chi connectivity index (χ0v) is 20.6. The van der Waals surface area contributed by atoms with Gasteiger partial charge in [-0.05, 0) is 72.6 Å². The Morgan fingerprint density at radius 2 is 1.59 bits per heavy atom. The predicted molar refractivity (Wildman–Crippen MR) is 141 cm³/mol. The molecule has 3 aromatic rings. The van der Waals surface area contributed by atoms with Gasteiger partial charge in [0.25, 0.3) is 5.91 Å². The highest BCUT2D eigenvalue weighted by Gasteiger charge is 2.17. The van der Waals surface area contributed by atoms with Crippen LogP contribution in [0.25, 0.3) is 0 Å². The maximum absolute atomic E-state index is 13.3. The fourth-order valence-corrected chi connectivity index (χ4v) is 3.40. The highest BCUT2D eigenvalue weighted by Crippen LogP contribution is 2.24. The van der Waals surface area contributed by atoms with E-state index in [1.807, 2.05) is 24.3 Å². The first kappa shape index (κ1) is 27.1. The van der Waals surface area contributed by atoms with Crippen molar-refractivity contribution < 1.29 is 29.3 Å². The Morgan fingerprint density at radius 3 is 2.22 bits per heavy atom. The normalized spacial score (nSPS) is 10.4. The van der Waals surface area contributed by atoms with Crippen LogP contribution in [0, 0.1) is 0 Å². The fraction of sp³-hybridized carbons (Fsp3) is 0.250. The Hall–Kier alpha value is -4.53. The van der Waals surface area contributed by atoms with Crippen LogP contribution in [0.4, 0.5) is 16.2 Å². The molecule has 0 aromatic heterocycles. The number of carbonyl (C=O) groups is 3. The molecule has 0 bridgehead atoms. The van der Waals surface area contributed by atoms with E-state index in [0.29, 0.717) is 29.3 Å². The molecule has 0 spiro atoms. The van der Waals surface area contributed by atoms with Crippen LogP contribution in [0.15, 0.2) is 72.8 Å². The Bertz CT molecular complexity index is 1180. The number of hydrogen-bond donors (Lipinski definition) is 4. The zero-order chi connectivity index (χ0) is 26.6. The number of aliphatic carboxylic acids is 1. The molecule has 0 unspecified atom stereocenters. The Kier molecular flexibility index (Phi) is 9.90. The summed E-state index contributed by atoms with van der Waals surface area (Å²) in [5.41, 5.74) is 2.35. The van der Waals surface area contributed by atoms with E-state index in [1.165, 1.54) is 12.1 Å². The van der Waals surface area contributed by atoms with Gasteiger partial charge in [-0.1, -0.05) is 25.5 Å². The minimum Gasteiger partial charge on any atom is -0.508 e. The van der Waals surface area contributed by atoms with E-state index in [-0.39, 0.29) is 37.2 Å². The molecule has 0 aliphatic rings. The number of ether oxygens (including phenoxy) is 1. The SMILES string of the molecule is CCCCOc1ccc(N(Cc2ccc(C(=O)NCCC(=O)O)cc2)C(=O)Nc2ccc(O)cc2)cc1. The summed E-state index contributed by atoms with van der Waals surface area (Å²) in [7, 11) is 0. The highest BCUT2D eigenvalue weighted by atomic mass is 16.5. The fourth-order valence-electron chi connectivity index (χ4n) is 3.40. The number of nitrogens with zero attached hydrogens (tertiary/aromatic N) is 1. The van der Waals surface area contributed by atoms with Crippen LogP contribution in [0.2, 0.25) is 0 Å². The van der Waals surface area contributed by atoms with Crippen molar-refractivity contribution in [2.24, 2.45) is 0 Å². The number of nitrogens with one attached hydrogen (secondary N) is 2. The summed E-state index contributed by atoms with van der Waals surface area (Å²) in [5, 5.41) is 23.6. The lowest BCUT2D eigenvalue weighted by atomic mass is 10.1. The van der Waals surface area contributed by atoms with Crippen LogP contribution in [-0.2, 0) is 11.3 Å². The third kappa shape index (κ3) is 8.57. The monoisotopic (exact) mass is 505 g/mol. The minimum atomic E-state index is -0.984. The lowest BCUT2D eigenvalue weighted by Crippen LogP contribution is -2.34. The first-order valence-electron chi connectivity index (χ1n) is 12.0. The maximum atomic E-state index is 13.3. The Balaban J connectivity index is 1.75. The molecule has 0 saturated heterocycles. The van der Waals surface area contributed by atoms with Crippen LogP contribution < -0.4 is 20.3 Å². The minimum absolute atomic E-state index is 0.0410. The third-order valence-electron chi connectivity index (χ3n) is 5.46. The van der Waals surface area contributed by atoms with Gasteiger partial charge in [-0.25, -0.2) is 4.79 Å². The molecule has 0 atom stereocenters. The molecule has 3 rings (SSSR count). The number of amides is 3. The molecule has 0 radical (unpaired) electrons. The van der Waals surface area contributed by atoms with Crippen molar-refractivity contribution in [1.29, 1.82) is 0 Å². The largest absolute Gasteiger partial charge is 0.508 e. The van der Waals surface area contributed by atoms with Crippen molar-refractivity contribution in [3.8, 4) is 11.5 Å². The van der Waals surface area contributed by atoms with Crippen LogP contribution in [-0.4, -0.2) is 41.3 Å². The second-order valence-corrected chi connectivity index (χ2v) is 8.36. The van der Waals surface area contributed by atoms with Gasteiger partial charge >= 0.3 is 12.0 Å². The van der Waals surface area contributed by atoms with Crippen molar-refractivity contribution in [3.63, 3.8) is 0 Å². The number of phenols is 1. The summed E-state index contributed by atoms with van der Waals surface area (Å²) in [6.45, 7) is 2.98. The van der Waals surface area contributed by atoms with Crippen molar-refractivity contribution in [1.82, 2.24) is 5.32 Å². The number of carboxylic acids is 1. The van der Waals surface area contributed by atoms with Gasteiger partial charge in [0.2, 0.25) is 0 Å².